The minimum atomic E-state index is -0.619. The van der Waals surface area contributed by atoms with Crippen LogP contribution in [0, 0.1) is 5.21 Å². The molecule has 1 aliphatic heterocycles. The molecule has 0 aromatic carbocycles. The molecule has 2 atom stereocenters. The summed E-state index contributed by atoms with van der Waals surface area (Å²) in [6.45, 7) is 0.272. The molecule has 1 aliphatic rings. The minimum absolute atomic E-state index is 0.144. The Bertz CT molecular complexity index is 241. The zero-order chi connectivity index (χ0) is 10.6. The van der Waals surface area contributed by atoms with Crippen molar-refractivity contribution in [2.24, 2.45) is 0 Å². The smallest absolute Gasteiger partial charge is 0.335 e. The van der Waals surface area contributed by atoms with Crippen molar-refractivity contribution in [3.05, 3.63) is 17.5 Å². The highest BCUT2D eigenvalue weighted by molar-refractivity contribution is 5.81. The van der Waals surface area contributed by atoms with E-state index in [9.17, 15) is 10.0 Å². The molecule has 0 unspecified atom stereocenters. The largest absolute Gasteiger partial charge is 0.628 e. The van der Waals surface area contributed by atoms with Crippen LogP contribution in [0.5, 0.6) is 0 Å². The molecule has 0 spiro atoms. The van der Waals surface area contributed by atoms with E-state index in [0.29, 0.717) is 13.0 Å². The van der Waals surface area contributed by atoms with Gasteiger partial charge in [0.05, 0.1) is 26.3 Å². The number of quaternary nitrogens is 1. The summed E-state index contributed by atoms with van der Waals surface area (Å²) in [4.78, 5) is 10.8. The first-order valence-corrected chi connectivity index (χ1v) is 4.59. The van der Waals surface area contributed by atoms with E-state index in [0.717, 1.165) is 12.5 Å². The predicted molar refractivity (Wildman–Crippen MR) is 49.8 cm³/mol. The second-order valence-electron chi connectivity index (χ2n) is 3.40. The Balaban J connectivity index is 2.64. The molecule has 14 heavy (non-hydrogen) atoms. The van der Waals surface area contributed by atoms with Crippen molar-refractivity contribution in [1.29, 1.82) is 0 Å². The van der Waals surface area contributed by atoms with Gasteiger partial charge in [0.2, 0.25) is 0 Å². The van der Waals surface area contributed by atoms with Gasteiger partial charge in [-0.3, -0.25) is 0 Å². The third-order valence-electron chi connectivity index (χ3n) is 2.54. The van der Waals surface area contributed by atoms with Gasteiger partial charge in [0.25, 0.3) is 0 Å². The number of carbonyl (C=O) groups excluding carboxylic acids is 1. The van der Waals surface area contributed by atoms with E-state index in [1.807, 2.05) is 0 Å². The zero-order valence-corrected chi connectivity index (χ0v) is 8.18. The van der Waals surface area contributed by atoms with Crippen molar-refractivity contribution in [3.8, 4) is 0 Å². The number of rotatable bonds is 3. The number of aliphatic hydroxyl groups excluding tert-OH is 1. The average molecular weight is 201 g/mol. The number of methoxy groups -OCH3 is 1. The van der Waals surface area contributed by atoms with Gasteiger partial charge in [0, 0.05) is 12.8 Å². The van der Waals surface area contributed by atoms with Gasteiger partial charge in [-0.05, 0) is 0 Å². The molecule has 0 aromatic rings. The molecule has 0 saturated carbocycles. The summed E-state index contributed by atoms with van der Waals surface area (Å²) in [7, 11) is 1.26. The predicted octanol–water partition coefficient (Wildman–Crippen LogP) is 0.142. The first kappa shape index (κ1) is 11.2. The van der Waals surface area contributed by atoms with Gasteiger partial charge in [0.15, 0.2) is 0 Å². The van der Waals surface area contributed by atoms with Crippen LogP contribution in [-0.2, 0) is 9.53 Å². The van der Waals surface area contributed by atoms with E-state index in [1.165, 1.54) is 13.3 Å². The summed E-state index contributed by atoms with van der Waals surface area (Å²) in [6, 6.07) is -0.337. The molecule has 0 amide bonds. The number of carbonyl (C=O) groups is 1. The first-order valence-electron chi connectivity index (χ1n) is 4.59. The molecule has 5 nitrogen and oxygen atoms in total. The lowest BCUT2D eigenvalue weighted by atomic mass is 10.2. The summed E-state index contributed by atoms with van der Waals surface area (Å²) in [5.41, 5.74) is 0. The Morgan fingerprint density at radius 1 is 1.79 bits per heavy atom. The second-order valence-corrected chi connectivity index (χ2v) is 3.40. The molecule has 0 aromatic heterocycles. The highest BCUT2D eigenvalue weighted by atomic mass is 16.6. The van der Waals surface area contributed by atoms with Gasteiger partial charge in [0.1, 0.15) is 12.2 Å². The monoisotopic (exact) mass is 201 g/mol. The quantitative estimate of drug-likeness (QED) is 0.305. The van der Waals surface area contributed by atoms with Crippen molar-refractivity contribution in [2.75, 3.05) is 20.3 Å². The summed E-state index contributed by atoms with van der Waals surface area (Å²) in [5, 5.41) is 20.9. The van der Waals surface area contributed by atoms with Crippen LogP contribution in [0.3, 0.4) is 0 Å². The van der Waals surface area contributed by atoms with Crippen molar-refractivity contribution in [3.63, 3.8) is 0 Å². The summed E-state index contributed by atoms with van der Waals surface area (Å²) in [5.74, 6) is -0.540. The molecule has 0 aliphatic carbocycles. The van der Waals surface area contributed by atoms with Gasteiger partial charge in [-0.25, -0.2) is 4.79 Å². The average Bonchev–Trinajstić information content (AvgIpc) is 2.56. The van der Waals surface area contributed by atoms with Gasteiger partial charge >= 0.3 is 5.97 Å². The zero-order valence-electron chi connectivity index (χ0n) is 8.18. The molecule has 80 valence electrons. The molecule has 1 fully saturated rings. The van der Waals surface area contributed by atoms with Crippen LogP contribution in [0.15, 0.2) is 12.3 Å². The molecule has 5 heteroatoms. The normalized spacial score (nSPS) is 32.4. The Labute approximate surface area is 82.8 Å². The fraction of sp³-hybridized carbons (Fsp3) is 0.667. The van der Waals surface area contributed by atoms with Crippen molar-refractivity contribution in [1.82, 2.24) is 0 Å². The Kier molecular flexibility index (Phi) is 3.62. The third kappa shape index (κ3) is 2.31. The summed E-state index contributed by atoms with van der Waals surface area (Å²) < 4.78 is 3.77. The van der Waals surface area contributed by atoms with Crippen LogP contribution in [0.25, 0.3) is 0 Å². The Morgan fingerprint density at radius 2 is 2.50 bits per heavy atom. The molecule has 1 rings (SSSR count). The second kappa shape index (κ2) is 4.54. The van der Waals surface area contributed by atoms with Gasteiger partial charge in [-0.2, -0.15) is 0 Å². The molecule has 0 radical (unpaired) electrons. The highest BCUT2D eigenvalue weighted by Gasteiger charge is 2.32. The van der Waals surface area contributed by atoms with E-state index in [-0.39, 0.29) is 12.6 Å². The lowest BCUT2D eigenvalue weighted by molar-refractivity contribution is -0.842. The van der Waals surface area contributed by atoms with Crippen LogP contribution in [0.1, 0.15) is 12.8 Å². The lowest BCUT2D eigenvalue weighted by Gasteiger charge is -2.39. The van der Waals surface area contributed by atoms with Crippen LogP contribution in [0.2, 0.25) is 0 Å². The fourth-order valence-electron chi connectivity index (χ4n) is 1.66. The maximum atomic E-state index is 12.0. The van der Waals surface area contributed by atoms with E-state index in [4.69, 9.17) is 5.11 Å². The number of esters is 1. The van der Waals surface area contributed by atoms with Crippen LogP contribution >= 0.6 is 0 Å². The van der Waals surface area contributed by atoms with E-state index >= 15 is 0 Å². The topological polar surface area (TPSA) is 69.6 Å². The van der Waals surface area contributed by atoms with E-state index in [2.05, 4.69) is 4.74 Å². The van der Waals surface area contributed by atoms with Crippen molar-refractivity contribution < 1.29 is 19.3 Å². The molecule has 1 saturated heterocycles. The minimum Gasteiger partial charge on any atom is -0.628 e. The molecule has 1 N–H and O–H groups in total. The van der Waals surface area contributed by atoms with Crippen molar-refractivity contribution >= 4 is 5.97 Å². The number of hydrogen-bond acceptors (Lipinski definition) is 4. The van der Waals surface area contributed by atoms with Crippen LogP contribution < -0.4 is 0 Å². The third-order valence-corrected chi connectivity index (χ3v) is 2.54. The number of hydroxylamine groups is 3. The van der Waals surface area contributed by atoms with E-state index in [1.54, 1.807) is 0 Å². The lowest BCUT2D eigenvalue weighted by Crippen LogP contribution is -2.43. The van der Waals surface area contributed by atoms with E-state index < -0.39 is 10.6 Å². The molecular formula is C9H15NO4. The molecule has 0 bridgehead atoms. The van der Waals surface area contributed by atoms with Crippen molar-refractivity contribution in [2.45, 2.75) is 18.9 Å². The SMILES string of the molecule is COC(=O)/C=C/[N@+]1([O-])CCC[C@H]1CO. The summed E-state index contributed by atoms with van der Waals surface area (Å²) in [6.07, 6.45) is 3.87. The standard InChI is InChI=1S/C9H15NO4/c1-14-9(12)4-6-10(13)5-2-3-8(10)7-11/h4,6,8,11H,2-3,5,7H2,1H3/b6-4+/t8-,10+/m0/s1. The molecule has 1 heterocycles. The van der Waals surface area contributed by atoms with Gasteiger partial charge in [-0.15, -0.1) is 0 Å². The highest BCUT2D eigenvalue weighted by Crippen LogP contribution is 2.25. The first-order chi connectivity index (χ1) is 6.62. The van der Waals surface area contributed by atoms with Gasteiger partial charge < -0.3 is 19.7 Å². The summed E-state index contributed by atoms with van der Waals surface area (Å²) >= 11 is 0. The number of nitrogens with zero attached hydrogens (tertiary/aromatic N) is 1. The van der Waals surface area contributed by atoms with Gasteiger partial charge in [-0.1, -0.05) is 0 Å². The number of hydrogen-bond donors (Lipinski definition) is 1. The van der Waals surface area contributed by atoms with Crippen LogP contribution in [-0.4, -0.2) is 42.0 Å². The maximum absolute atomic E-state index is 12.0. The molecular weight excluding hydrogens is 186 g/mol. The fourth-order valence-corrected chi connectivity index (χ4v) is 1.66. The number of aliphatic hydroxyl groups is 1. The number of ether oxygens (including phenoxy) is 1. The number of likely N-dealkylation sites (tertiary alicyclic amines) is 1. The van der Waals surface area contributed by atoms with Crippen LogP contribution in [0.4, 0.5) is 0 Å². The maximum Gasteiger partial charge on any atom is 0.335 e. The Hall–Kier alpha value is -0.910. The Morgan fingerprint density at radius 3 is 3.07 bits per heavy atom.